The Hall–Kier alpha value is -1.04. The van der Waals surface area contributed by atoms with Gasteiger partial charge in [-0.2, -0.15) is 0 Å². The van der Waals surface area contributed by atoms with Gasteiger partial charge >= 0.3 is 5.69 Å². The van der Waals surface area contributed by atoms with Gasteiger partial charge in [0, 0.05) is 37.6 Å². The normalized spacial score (nSPS) is 11.6. The number of rotatable bonds is 8. The van der Waals surface area contributed by atoms with Crippen molar-refractivity contribution < 1.29 is 0 Å². The summed E-state index contributed by atoms with van der Waals surface area (Å²) in [5.41, 5.74) is 0.581. The summed E-state index contributed by atoms with van der Waals surface area (Å²) in [7, 11) is 0. The largest absolute Gasteiger partial charge is 0.350 e. The third-order valence-electron chi connectivity index (χ3n) is 3.13. The van der Waals surface area contributed by atoms with E-state index in [9.17, 15) is 4.79 Å². The van der Waals surface area contributed by atoms with E-state index in [-0.39, 0.29) is 5.69 Å². The number of aryl methyl sites for hydroxylation is 1. The number of alkyl halides is 2. The van der Waals surface area contributed by atoms with Gasteiger partial charge in [0.1, 0.15) is 0 Å². The molecule has 20 heavy (non-hydrogen) atoms. The second kappa shape index (κ2) is 7.67. The summed E-state index contributed by atoms with van der Waals surface area (Å²) in [5.74, 6) is 1.18. The van der Waals surface area contributed by atoms with E-state index in [4.69, 9.17) is 23.2 Å². The minimum Gasteiger partial charge on any atom is -0.301 e. The summed E-state index contributed by atoms with van der Waals surface area (Å²) in [6, 6.07) is 5.52. The number of hydrogen-bond donors (Lipinski definition) is 0. The summed E-state index contributed by atoms with van der Waals surface area (Å²) in [4.78, 5) is 14.3. The summed E-state index contributed by atoms with van der Waals surface area (Å²) in [6.45, 7) is 3.09. The van der Waals surface area contributed by atoms with Gasteiger partial charge in [-0.15, -0.1) is 28.3 Å². The lowest BCUT2D eigenvalue weighted by Crippen LogP contribution is -2.30. The Morgan fingerprint density at radius 3 is 2.55 bits per heavy atom. The summed E-state index contributed by atoms with van der Waals surface area (Å²) >= 11 is 11.5. The Morgan fingerprint density at radius 1 is 1.15 bits per heavy atom. The SMILES string of the molecule is O=c1n(CCCN(CCCl)CCCl)nc2ccccn12. The lowest BCUT2D eigenvalue weighted by atomic mass is 10.3. The van der Waals surface area contributed by atoms with Crippen LogP contribution in [0.3, 0.4) is 0 Å². The predicted molar refractivity (Wildman–Crippen MR) is 81.9 cm³/mol. The average molecular weight is 317 g/mol. The highest BCUT2D eigenvalue weighted by Crippen LogP contribution is 1.98. The van der Waals surface area contributed by atoms with Crippen LogP contribution in [-0.2, 0) is 6.54 Å². The van der Waals surface area contributed by atoms with Gasteiger partial charge in [-0.25, -0.2) is 9.48 Å². The molecule has 2 aromatic heterocycles. The van der Waals surface area contributed by atoms with Crippen molar-refractivity contribution in [3.63, 3.8) is 0 Å². The number of hydrogen-bond acceptors (Lipinski definition) is 3. The first-order valence-corrected chi connectivity index (χ1v) is 7.71. The lowest BCUT2D eigenvalue weighted by molar-refractivity contribution is 0.293. The van der Waals surface area contributed by atoms with E-state index in [0.29, 0.717) is 24.0 Å². The third kappa shape index (κ3) is 3.75. The molecule has 0 aliphatic heterocycles. The quantitative estimate of drug-likeness (QED) is 0.696. The van der Waals surface area contributed by atoms with Gasteiger partial charge < -0.3 is 4.90 Å². The minimum absolute atomic E-state index is 0.0955. The highest BCUT2D eigenvalue weighted by Gasteiger charge is 2.07. The molecule has 0 saturated carbocycles. The number of pyridine rings is 1. The molecule has 0 aromatic carbocycles. The van der Waals surface area contributed by atoms with Crippen molar-refractivity contribution in [3.05, 3.63) is 34.9 Å². The van der Waals surface area contributed by atoms with Gasteiger partial charge in [0.25, 0.3) is 0 Å². The Kier molecular flexibility index (Phi) is 5.88. The van der Waals surface area contributed by atoms with Crippen LogP contribution in [0, 0.1) is 0 Å². The molecule has 5 nitrogen and oxygen atoms in total. The van der Waals surface area contributed by atoms with Gasteiger partial charge in [0.05, 0.1) is 0 Å². The minimum atomic E-state index is -0.0955. The van der Waals surface area contributed by atoms with Crippen molar-refractivity contribution in [2.45, 2.75) is 13.0 Å². The molecule has 0 spiro atoms. The highest BCUT2D eigenvalue weighted by molar-refractivity contribution is 6.18. The van der Waals surface area contributed by atoms with Crippen molar-refractivity contribution in [3.8, 4) is 0 Å². The van der Waals surface area contributed by atoms with Crippen LogP contribution in [0.2, 0.25) is 0 Å². The predicted octanol–water partition coefficient (Wildman–Crippen LogP) is 1.67. The fourth-order valence-corrected chi connectivity index (χ4v) is 2.61. The van der Waals surface area contributed by atoms with Crippen LogP contribution >= 0.6 is 23.2 Å². The van der Waals surface area contributed by atoms with Crippen LogP contribution in [0.5, 0.6) is 0 Å². The van der Waals surface area contributed by atoms with Gasteiger partial charge in [-0.3, -0.25) is 4.40 Å². The standard InChI is InChI=1S/C13H18Cl2N4O/c14-5-10-17(11-6-15)7-3-9-19-13(20)18-8-2-1-4-12(18)16-19/h1-2,4,8H,3,5-7,9-11H2. The van der Waals surface area contributed by atoms with Crippen molar-refractivity contribution in [2.75, 3.05) is 31.4 Å². The van der Waals surface area contributed by atoms with E-state index in [2.05, 4.69) is 10.00 Å². The van der Waals surface area contributed by atoms with Crippen LogP contribution in [-0.4, -0.2) is 50.5 Å². The number of aromatic nitrogens is 3. The Balaban J connectivity index is 1.95. The fraction of sp³-hybridized carbons (Fsp3) is 0.538. The number of nitrogens with zero attached hydrogens (tertiary/aromatic N) is 4. The first-order valence-electron chi connectivity index (χ1n) is 6.64. The summed E-state index contributed by atoms with van der Waals surface area (Å²) in [6.07, 6.45) is 2.58. The zero-order valence-electron chi connectivity index (χ0n) is 11.2. The second-order valence-electron chi connectivity index (χ2n) is 4.51. The molecule has 0 N–H and O–H groups in total. The molecule has 0 fully saturated rings. The van der Waals surface area contributed by atoms with Gasteiger partial charge in [-0.1, -0.05) is 6.07 Å². The molecule has 0 radical (unpaired) electrons. The first kappa shape index (κ1) is 15.4. The van der Waals surface area contributed by atoms with Gasteiger partial charge in [0.15, 0.2) is 5.65 Å². The van der Waals surface area contributed by atoms with E-state index in [1.165, 1.54) is 4.68 Å². The van der Waals surface area contributed by atoms with Crippen LogP contribution in [0.1, 0.15) is 6.42 Å². The zero-order valence-corrected chi connectivity index (χ0v) is 12.7. The third-order valence-corrected chi connectivity index (χ3v) is 3.47. The molecular formula is C13H18Cl2N4O. The second-order valence-corrected chi connectivity index (χ2v) is 5.26. The molecule has 0 atom stereocenters. The van der Waals surface area contributed by atoms with E-state index in [1.54, 1.807) is 10.6 Å². The summed E-state index contributed by atoms with van der Waals surface area (Å²) in [5, 5.41) is 4.30. The highest BCUT2D eigenvalue weighted by atomic mass is 35.5. The Bertz CT molecular complexity index is 589. The van der Waals surface area contributed by atoms with Crippen molar-refractivity contribution in [1.82, 2.24) is 19.1 Å². The number of fused-ring (bicyclic) bond motifs is 1. The molecule has 0 amide bonds. The molecule has 2 rings (SSSR count). The van der Waals surface area contributed by atoms with Crippen LogP contribution < -0.4 is 5.69 Å². The van der Waals surface area contributed by atoms with Gasteiger partial charge in [-0.05, 0) is 25.1 Å². The van der Waals surface area contributed by atoms with E-state index < -0.39 is 0 Å². The molecule has 0 saturated heterocycles. The maximum Gasteiger partial charge on any atom is 0.350 e. The van der Waals surface area contributed by atoms with Crippen molar-refractivity contribution in [2.24, 2.45) is 0 Å². The zero-order chi connectivity index (χ0) is 14.4. The molecule has 2 heterocycles. The summed E-state index contributed by atoms with van der Waals surface area (Å²) < 4.78 is 3.06. The molecular weight excluding hydrogens is 299 g/mol. The van der Waals surface area contributed by atoms with E-state index in [0.717, 1.165) is 26.1 Å². The van der Waals surface area contributed by atoms with Crippen LogP contribution in [0.4, 0.5) is 0 Å². The maximum absolute atomic E-state index is 12.1. The van der Waals surface area contributed by atoms with Crippen LogP contribution in [0.25, 0.3) is 5.65 Å². The van der Waals surface area contributed by atoms with E-state index >= 15 is 0 Å². The molecule has 110 valence electrons. The average Bonchev–Trinajstić information content (AvgIpc) is 2.77. The molecule has 7 heteroatoms. The Morgan fingerprint density at radius 2 is 1.90 bits per heavy atom. The van der Waals surface area contributed by atoms with Crippen molar-refractivity contribution >= 4 is 28.8 Å². The Labute approximate surface area is 127 Å². The maximum atomic E-state index is 12.1. The van der Waals surface area contributed by atoms with E-state index in [1.807, 2.05) is 18.2 Å². The smallest absolute Gasteiger partial charge is 0.301 e. The monoisotopic (exact) mass is 316 g/mol. The van der Waals surface area contributed by atoms with Crippen LogP contribution in [0.15, 0.2) is 29.2 Å². The first-order chi connectivity index (χ1) is 9.76. The molecule has 0 aliphatic carbocycles. The topological polar surface area (TPSA) is 42.5 Å². The van der Waals surface area contributed by atoms with Gasteiger partial charge in [0.2, 0.25) is 0 Å². The molecule has 0 aliphatic rings. The van der Waals surface area contributed by atoms with Crippen molar-refractivity contribution in [1.29, 1.82) is 0 Å². The molecule has 0 unspecified atom stereocenters. The molecule has 2 aromatic rings. The fourth-order valence-electron chi connectivity index (χ4n) is 2.13. The molecule has 0 bridgehead atoms. The number of halogens is 2. The lowest BCUT2D eigenvalue weighted by Gasteiger charge is -2.19.